The molecule has 2 nitrogen and oxygen atoms in total. The summed E-state index contributed by atoms with van der Waals surface area (Å²) >= 11 is 0. The van der Waals surface area contributed by atoms with E-state index in [1.54, 1.807) is 0 Å². The predicted molar refractivity (Wildman–Crippen MR) is 35.0 cm³/mol. The largest absolute Gasteiger partial charge is 0.390 e. The van der Waals surface area contributed by atoms with Gasteiger partial charge in [-0.15, -0.1) is 0 Å². The SMILES string of the molecule is CC1=CCC(O)[C@H](O)C1. The van der Waals surface area contributed by atoms with Gasteiger partial charge in [-0.2, -0.15) is 0 Å². The highest BCUT2D eigenvalue weighted by molar-refractivity contribution is 5.06. The van der Waals surface area contributed by atoms with E-state index in [4.69, 9.17) is 10.2 Å². The highest BCUT2D eigenvalue weighted by Crippen LogP contribution is 2.17. The minimum atomic E-state index is -0.534. The molecule has 2 N–H and O–H groups in total. The van der Waals surface area contributed by atoms with Crippen LogP contribution in [0.5, 0.6) is 0 Å². The Morgan fingerprint density at radius 2 is 2.11 bits per heavy atom. The van der Waals surface area contributed by atoms with Gasteiger partial charge in [0.1, 0.15) is 0 Å². The van der Waals surface area contributed by atoms with Gasteiger partial charge in [-0.25, -0.2) is 0 Å². The zero-order valence-corrected chi connectivity index (χ0v) is 5.54. The first-order valence-corrected chi connectivity index (χ1v) is 3.22. The molecule has 0 aliphatic heterocycles. The first-order chi connectivity index (χ1) is 4.20. The molecule has 0 radical (unpaired) electrons. The zero-order chi connectivity index (χ0) is 6.85. The third-order valence-electron chi connectivity index (χ3n) is 1.68. The Bertz CT molecular complexity index is 129. The van der Waals surface area contributed by atoms with Crippen LogP contribution in [0.25, 0.3) is 0 Å². The minimum absolute atomic E-state index is 0.532. The lowest BCUT2D eigenvalue weighted by molar-refractivity contribution is 0.0169. The maximum atomic E-state index is 9.06. The molecule has 52 valence electrons. The molecule has 0 saturated carbocycles. The van der Waals surface area contributed by atoms with E-state index in [1.165, 1.54) is 5.57 Å². The normalized spacial score (nSPS) is 36.1. The fraction of sp³-hybridized carbons (Fsp3) is 0.714. The number of hydrogen-bond donors (Lipinski definition) is 2. The average molecular weight is 128 g/mol. The van der Waals surface area contributed by atoms with E-state index in [0.717, 1.165) is 0 Å². The highest BCUT2D eigenvalue weighted by Gasteiger charge is 2.18. The van der Waals surface area contributed by atoms with Crippen molar-refractivity contribution in [1.82, 2.24) is 0 Å². The summed E-state index contributed by atoms with van der Waals surface area (Å²) in [5.74, 6) is 0. The van der Waals surface area contributed by atoms with Gasteiger partial charge in [0.15, 0.2) is 0 Å². The van der Waals surface area contributed by atoms with E-state index in [-0.39, 0.29) is 0 Å². The molecule has 0 bridgehead atoms. The monoisotopic (exact) mass is 128 g/mol. The van der Waals surface area contributed by atoms with Crippen LogP contribution in [0.3, 0.4) is 0 Å². The predicted octanol–water partition coefficient (Wildman–Crippen LogP) is 0.448. The van der Waals surface area contributed by atoms with E-state index in [9.17, 15) is 0 Å². The molecule has 1 aliphatic rings. The van der Waals surface area contributed by atoms with Crippen LogP contribution in [0, 0.1) is 0 Å². The molecule has 0 saturated heterocycles. The topological polar surface area (TPSA) is 40.5 Å². The Balaban J connectivity index is 2.54. The van der Waals surface area contributed by atoms with Crippen LogP contribution >= 0.6 is 0 Å². The van der Waals surface area contributed by atoms with E-state index in [2.05, 4.69) is 0 Å². The molecular weight excluding hydrogens is 116 g/mol. The second-order valence-corrected chi connectivity index (χ2v) is 2.62. The first-order valence-electron chi connectivity index (χ1n) is 3.22. The maximum Gasteiger partial charge on any atom is 0.0839 e. The van der Waals surface area contributed by atoms with Crippen molar-refractivity contribution in [2.75, 3.05) is 0 Å². The molecule has 2 heteroatoms. The van der Waals surface area contributed by atoms with Gasteiger partial charge >= 0.3 is 0 Å². The molecule has 2 atom stereocenters. The molecule has 0 aromatic rings. The molecule has 9 heavy (non-hydrogen) atoms. The second kappa shape index (κ2) is 2.50. The lowest BCUT2D eigenvalue weighted by Crippen LogP contribution is -2.28. The van der Waals surface area contributed by atoms with Crippen molar-refractivity contribution in [3.8, 4) is 0 Å². The van der Waals surface area contributed by atoms with Crippen LogP contribution in [-0.2, 0) is 0 Å². The summed E-state index contributed by atoms with van der Waals surface area (Å²) in [5, 5.41) is 18.1. The van der Waals surface area contributed by atoms with E-state index < -0.39 is 12.2 Å². The van der Waals surface area contributed by atoms with Crippen molar-refractivity contribution in [2.45, 2.75) is 32.0 Å². The van der Waals surface area contributed by atoms with Gasteiger partial charge in [0.25, 0.3) is 0 Å². The first kappa shape index (κ1) is 6.78. The second-order valence-electron chi connectivity index (χ2n) is 2.62. The number of aliphatic hydroxyl groups is 2. The van der Waals surface area contributed by atoms with E-state index in [1.807, 2.05) is 13.0 Å². The third kappa shape index (κ3) is 1.53. The number of rotatable bonds is 0. The van der Waals surface area contributed by atoms with Gasteiger partial charge in [0.2, 0.25) is 0 Å². The molecule has 1 unspecified atom stereocenters. The molecule has 0 heterocycles. The summed E-state index contributed by atoms with van der Waals surface area (Å²) in [6.07, 6.45) is 2.13. The Kier molecular flexibility index (Phi) is 1.88. The quantitative estimate of drug-likeness (QED) is 0.465. The Hall–Kier alpha value is -0.340. The van der Waals surface area contributed by atoms with Crippen LogP contribution < -0.4 is 0 Å². The van der Waals surface area contributed by atoms with Crippen molar-refractivity contribution in [3.63, 3.8) is 0 Å². The fourth-order valence-electron chi connectivity index (χ4n) is 1.03. The van der Waals surface area contributed by atoms with E-state index >= 15 is 0 Å². The zero-order valence-electron chi connectivity index (χ0n) is 5.54. The van der Waals surface area contributed by atoms with Crippen LogP contribution in [0.15, 0.2) is 11.6 Å². The molecule has 0 aromatic heterocycles. The van der Waals surface area contributed by atoms with E-state index in [0.29, 0.717) is 12.8 Å². The Morgan fingerprint density at radius 1 is 1.44 bits per heavy atom. The Morgan fingerprint density at radius 3 is 2.56 bits per heavy atom. The maximum absolute atomic E-state index is 9.06. The van der Waals surface area contributed by atoms with Gasteiger partial charge in [-0.3, -0.25) is 0 Å². The summed E-state index contributed by atoms with van der Waals surface area (Å²) in [7, 11) is 0. The van der Waals surface area contributed by atoms with Gasteiger partial charge in [-0.1, -0.05) is 11.6 Å². The lowest BCUT2D eigenvalue weighted by atomic mass is 9.96. The summed E-state index contributed by atoms with van der Waals surface area (Å²) in [6.45, 7) is 1.97. The molecule has 0 aromatic carbocycles. The lowest BCUT2D eigenvalue weighted by Gasteiger charge is -2.21. The summed E-state index contributed by atoms with van der Waals surface area (Å²) in [5.41, 5.74) is 1.17. The van der Waals surface area contributed by atoms with Gasteiger partial charge < -0.3 is 10.2 Å². The molecular formula is C7H12O2. The molecule has 1 aliphatic carbocycles. The summed E-state index contributed by atoms with van der Waals surface area (Å²) in [4.78, 5) is 0. The van der Waals surface area contributed by atoms with Crippen LogP contribution in [0.2, 0.25) is 0 Å². The highest BCUT2D eigenvalue weighted by atomic mass is 16.3. The number of hydrogen-bond acceptors (Lipinski definition) is 2. The van der Waals surface area contributed by atoms with Gasteiger partial charge in [0.05, 0.1) is 12.2 Å². The van der Waals surface area contributed by atoms with Crippen molar-refractivity contribution < 1.29 is 10.2 Å². The smallest absolute Gasteiger partial charge is 0.0839 e. The van der Waals surface area contributed by atoms with Crippen molar-refractivity contribution in [2.24, 2.45) is 0 Å². The Labute approximate surface area is 54.8 Å². The van der Waals surface area contributed by atoms with Crippen LogP contribution in [0.4, 0.5) is 0 Å². The minimum Gasteiger partial charge on any atom is -0.390 e. The molecule has 0 amide bonds. The molecule has 0 spiro atoms. The third-order valence-corrected chi connectivity index (χ3v) is 1.68. The standard InChI is InChI=1S/C7H12O2/c1-5-2-3-6(8)7(9)4-5/h2,6-9H,3-4H2,1H3/t6?,7-/m1/s1. The average Bonchev–Trinajstić information content (AvgIpc) is 1.80. The van der Waals surface area contributed by atoms with Crippen molar-refractivity contribution in [3.05, 3.63) is 11.6 Å². The van der Waals surface area contributed by atoms with Crippen LogP contribution in [-0.4, -0.2) is 22.4 Å². The van der Waals surface area contributed by atoms with Gasteiger partial charge in [-0.05, 0) is 19.8 Å². The fourth-order valence-corrected chi connectivity index (χ4v) is 1.03. The van der Waals surface area contributed by atoms with Crippen LogP contribution in [0.1, 0.15) is 19.8 Å². The summed E-state index contributed by atoms with van der Waals surface area (Å²) < 4.78 is 0. The molecule has 1 rings (SSSR count). The summed E-state index contributed by atoms with van der Waals surface area (Å²) in [6, 6.07) is 0. The van der Waals surface area contributed by atoms with Gasteiger partial charge in [0, 0.05) is 0 Å². The van der Waals surface area contributed by atoms with Crippen molar-refractivity contribution >= 4 is 0 Å². The molecule has 0 fully saturated rings. The van der Waals surface area contributed by atoms with Crippen molar-refractivity contribution in [1.29, 1.82) is 0 Å². The number of aliphatic hydroxyl groups excluding tert-OH is 2.